The lowest BCUT2D eigenvalue weighted by molar-refractivity contribution is -0.129. The molecule has 140 valence electrons. The molecule has 0 radical (unpaired) electrons. The monoisotopic (exact) mass is 355 g/mol. The van der Waals surface area contributed by atoms with Gasteiger partial charge in [-0.25, -0.2) is 0 Å². The van der Waals surface area contributed by atoms with Crippen LogP contribution in [0.3, 0.4) is 0 Å². The molecule has 0 bridgehead atoms. The molecule has 0 aromatic heterocycles. The highest BCUT2D eigenvalue weighted by Crippen LogP contribution is 2.25. The van der Waals surface area contributed by atoms with Gasteiger partial charge >= 0.3 is 0 Å². The standard InChI is InChI=1S/C22H29NO3/c1-6-18(17-12-13-20(25-5)16(4)14-17)23-22(24)19(7-2)26-21-11-9-8-10-15(21)3/h8-14,18-19H,6-7H2,1-5H3,(H,23,24)/t18-,19+/m1/s1. The van der Waals surface area contributed by atoms with Gasteiger partial charge in [0, 0.05) is 0 Å². The van der Waals surface area contributed by atoms with Crippen molar-refractivity contribution in [2.75, 3.05) is 7.11 Å². The van der Waals surface area contributed by atoms with E-state index in [0.717, 1.165) is 34.6 Å². The highest BCUT2D eigenvalue weighted by atomic mass is 16.5. The first-order chi connectivity index (χ1) is 12.5. The molecule has 2 atom stereocenters. The predicted molar refractivity (Wildman–Crippen MR) is 105 cm³/mol. The fraction of sp³-hybridized carbons (Fsp3) is 0.409. The minimum absolute atomic E-state index is 0.0540. The van der Waals surface area contributed by atoms with Crippen molar-refractivity contribution in [3.8, 4) is 11.5 Å². The first kappa shape index (κ1) is 19.8. The molecule has 0 aliphatic carbocycles. The third-order valence-electron chi connectivity index (χ3n) is 4.57. The van der Waals surface area contributed by atoms with Gasteiger partial charge in [-0.15, -0.1) is 0 Å². The van der Waals surface area contributed by atoms with Crippen LogP contribution in [0.15, 0.2) is 42.5 Å². The Morgan fingerprint density at radius 2 is 1.73 bits per heavy atom. The van der Waals surface area contributed by atoms with Crippen LogP contribution in [0.5, 0.6) is 11.5 Å². The van der Waals surface area contributed by atoms with Crippen LogP contribution in [-0.4, -0.2) is 19.1 Å². The van der Waals surface area contributed by atoms with Gasteiger partial charge in [-0.05, 0) is 55.5 Å². The molecule has 0 saturated carbocycles. The largest absolute Gasteiger partial charge is 0.496 e. The van der Waals surface area contributed by atoms with Crippen molar-refractivity contribution in [2.45, 2.75) is 52.7 Å². The highest BCUT2D eigenvalue weighted by Gasteiger charge is 2.22. The summed E-state index contributed by atoms with van der Waals surface area (Å²) in [4.78, 5) is 12.8. The van der Waals surface area contributed by atoms with Gasteiger partial charge in [0.2, 0.25) is 0 Å². The zero-order valence-electron chi connectivity index (χ0n) is 16.3. The lowest BCUT2D eigenvalue weighted by atomic mass is 10.0. The van der Waals surface area contributed by atoms with Gasteiger partial charge in [0.15, 0.2) is 6.10 Å². The maximum absolute atomic E-state index is 12.8. The summed E-state index contributed by atoms with van der Waals surface area (Å²) in [5.41, 5.74) is 3.15. The number of carbonyl (C=O) groups is 1. The summed E-state index contributed by atoms with van der Waals surface area (Å²) in [6, 6.07) is 13.7. The molecular weight excluding hydrogens is 326 g/mol. The highest BCUT2D eigenvalue weighted by molar-refractivity contribution is 5.81. The normalized spacial score (nSPS) is 13.0. The van der Waals surface area contributed by atoms with Crippen molar-refractivity contribution >= 4 is 5.91 Å². The first-order valence-corrected chi connectivity index (χ1v) is 9.17. The summed E-state index contributed by atoms with van der Waals surface area (Å²) in [6.45, 7) is 8.01. The Labute approximate surface area is 156 Å². The number of rotatable bonds is 8. The van der Waals surface area contributed by atoms with Crippen molar-refractivity contribution in [1.29, 1.82) is 0 Å². The van der Waals surface area contributed by atoms with E-state index in [4.69, 9.17) is 9.47 Å². The van der Waals surface area contributed by atoms with Crippen molar-refractivity contribution < 1.29 is 14.3 Å². The van der Waals surface area contributed by atoms with E-state index in [0.29, 0.717) is 6.42 Å². The van der Waals surface area contributed by atoms with Gasteiger partial charge in [-0.2, -0.15) is 0 Å². The molecule has 1 N–H and O–H groups in total. The van der Waals surface area contributed by atoms with Crippen LogP contribution in [0.2, 0.25) is 0 Å². The van der Waals surface area contributed by atoms with E-state index in [1.807, 2.05) is 57.2 Å². The van der Waals surface area contributed by atoms with Crippen molar-refractivity contribution in [3.05, 3.63) is 59.2 Å². The van der Waals surface area contributed by atoms with Gasteiger partial charge in [-0.3, -0.25) is 4.79 Å². The van der Waals surface area contributed by atoms with Crippen LogP contribution in [0, 0.1) is 13.8 Å². The molecule has 0 spiro atoms. The second kappa shape index (κ2) is 9.27. The Morgan fingerprint density at radius 3 is 2.31 bits per heavy atom. The summed E-state index contributed by atoms with van der Waals surface area (Å²) < 4.78 is 11.3. The zero-order valence-corrected chi connectivity index (χ0v) is 16.3. The number of nitrogens with one attached hydrogen (secondary N) is 1. The number of carbonyl (C=O) groups excluding carboxylic acids is 1. The van der Waals surface area contributed by atoms with Crippen molar-refractivity contribution in [1.82, 2.24) is 5.32 Å². The Kier molecular flexibility index (Phi) is 7.07. The molecule has 4 heteroatoms. The Morgan fingerprint density at radius 1 is 1.00 bits per heavy atom. The van der Waals surface area contributed by atoms with Crippen LogP contribution in [0.1, 0.15) is 49.4 Å². The van der Waals surface area contributed by atoms with E-state index < -0.39 is 6.10 Å². The second-order valence-corrected chi connectivity index (χ2v) is 6.48. The Balaban J connectivity index is 2.11. The van der Waals surface area contributed by atoms with Gasteiger partial charge in [-0.1, -0.05) is 44.2 Å². The summed E-state index contributed by atoms with van der Waals surface area (Å²) in [7, 11) is 1.66. The van der Waals surface area contributed by atoms with Crippen LogP contribution in [-0.2, 0) is 4.79 Å². The molecule has 4 nitrogen and oxygen atoms in total. The molecular formula is C22H29NO3. The summed E-state index contributed by atoms with van der Waals surface area (Å²) >= 11 is 0. The molecule has 0 heterocycles. The lowest BCUT2D eigenvalue weighted by Gasteiger charge is -2.23. The van der Waals surface area contributed by atoms with E-state index >= 15 is 0 Å². The topological polar surface area (TPSA) is 47.6 Å². The fourth-order valence-electron chi connectivity index (χ4n) is 2.97. The fourth-order valence-corrected chi connectivity index (χ4v) is 2.97. The number of ether oxygens (including phenoxy) is 2. The molecule has 0 fully saturated rings. The van der Waals surface area contributed by atoms with Crippen LogP contribution in [0.4, 0.5) is 0 Å². The predicted octanol–water partition coefficient (Wildman–Crippen LogP) is 4.74. The molecule has 0 unspecified atom stereocenters. The van der Waals surface area contributed by atoms with Gasteiger partial charge in [0.05, 0.1) is 13.2 Å². The quantitative estimate of drug-likeness (QED) is 0.744. The van der Waals surface area contributed by atoms with Crippen molar-refractivity contribution in [3.63, 3.8) is 0 Å². The Hall–Kier alpha value is -2.49. The average molecular weight is 355 g/mol. The van der Waals surface area contributed by atoms with Gasteiger partial charge < -0.3 is 14.8 Å². The summed E-state index contributed by atoms with van der Waals surface area (Å²) in [6.07, 6.45) is 0.904. The first-order valence-electron chi connectivity index (χ1n) is 9.17. The Bertz CT molecular complexity index is 742. The molecule has 0 saturated heterocycles. The number of para-hydroxylation sites is 1. The number of aryl methyl sites for hydroxylation is 2. The van der Waals surface area contributed by atoms with Crippen molar-refractivity contribution in [2.24, 2.45) is 0 Å². The molecule has 2 aromatic carbocycles. The van der Waals surface area contributed by atoms with E-state index in [1.54, 1.807) is 7.11 Å². The SMILES string of the molecule is CC[C@H](Oc1ccccc1C)C(=O)N[C@H](CC)c1ccc(OC)c(C)c1. The number of hydrogen-bond acceptors (Lipinski definition) is 3. The van der Waals surface area contributed by atoms with E-state index in [2.05, 4.69) is 18.3 Å². The third kappa shape index (κ3) is 4.78. The number of hydrogen-bond donors (Lipinski definition) is 1. The molecule has 2 rings (SSSR count). The maximum atomic E-state index is 12.8. The van der Waals surface area contributed by atoms with Crippen LogP contribution >= 0.6 is 0 Å². The molecule has 0 aliphatic rings. The molecule has 1 amide bonds. The maximum Gasteiger partial charge on any atom is 0.261 e. The lowest BCUT2D eigenvalue weighted by Crippen LogP contribution is -2.40. The molecule has 0 aliphatic heterocycles. The second-order valence-electron chi connectivity index (χ2n) is 6.48. The molecule has 26 heavy (non-hydrogen) atoms. The minimum atomic E-state index is -0.510. The van der Waals surface area contributed by atoms with Gasteiger partial charge in [0.25, 0.3) is 5.91 Å². The van der Waals surface area contributed by atoms with Crippen LogP contribution in [0.25, 0.3) is 0 Å². The van der Waals surface area contributed by atoms with E-state index in [1.165, 1.54) is 0 Å². The number of amides is 1. The van der Waals surface area contributed by atoms with E-state index in [-0.39, 0.29) is 11.9 Å². The average Bonchev–Trinajstić information content (AvgIpc) is 2.65. The number of methoxy groups -OCH3 is 1. The minimum Gasteiger partial charge on any atom is -0.496 e. The molecule has 2 aromatic rings. The van der Waals surface area contributed by atoms with Crippen LogP contribution < -0.4 is 14.8 Å². The third-order valence-corrected chi connectivity index (χ3v) is 4.57. The van der Waals surface area contributed by atoms with Gasteiger partial charge in [0.1, 0.15) is 11.5 Å². The summed E-state index contributed by atoms with van der Waals surface area (Å²) in [5.74, 6) is 1.52. The number of benzene rings is 2. The summed E-state index contributed by atoms with van der Waals surface area (Å²) in [5, 5.41) is 3.13. The smallest absolute Gasteiger partial charge is 0.261 e. The zero-order chi connectivity index (χ0) is 19.1. The van der Waals surface area contributed by atoms with E-state index in [9.17, 15) is 4.79 Å².